The van der Waals surface area contributed by atoms with Crippen molar-refractivity contribution in [1.29, 1.82) is 0 Å². The number of amides is 3. The van der Waals surface area contributed by atoms with E-state index < -0.39 is 5.41 Å². The lowest BCUT2D eigenvalue weighted by atomic mass is 9.74. The van der Waals surface area contributed by atoms with Gasteiger partial charge in [0.15, 0.2) is 0 Å². The Bertz CT molecular complexity index is 1050. The second kappa shape index (κ2) is 8.19. The molecule has 0 spiro atoms. The number of benzene rings is 2. The molecule has 2 aromatic rings. The Morgan fingerprint density at radius 2 is 1.78 bits per heavy atom. The van der Waals surface area contributed by atoms with Crippen LogP contribution in [0.4, 0.5) is 0 Å². The predicted octanol–water partition coefficient (Wildman–Crippen LogP) is 3.98. The van der Waals surface area contributed by atoms with E-state index in [0.29, 0.717) is 12.0 Å². The lowest BCUT2D eigenvalue weighted by Gasteiger charge is -2.32. The van der Waals surface area contributed by atoms with E-state index >= 15 is 0 Å². The molecular formula is C27H30N2O3. The Morgan fingerprint density at radius 1 is 1.03 bits per heavy atom. The van der Waals surface area contributed by atoms with E-state index in [0.717, 1.165) is 36.1 Å². The zero-order valence-corrected chi connectivity index (χ0v) is 18.6. The van der Waals surface area contributed by atoms with Crippen LogP contribution in [-0.2, 0) is 26.3 Å². The zero-order chi connectivity index (χ0) is 22.3. The van der Waals surface area contributed by atoms with Gasteiger partial charge in [-0.05, 0) is 48.8 Å². The average molecular weight is 431 g/mol. The van der Waals surface area contributed by atoms with Gasteiger partial charge in [0.2, 0.25) is 17.7 Å². The van der Waals surface area contributed by atoms with Crippen LogP contribution < -0.4 is 0 Å². The van der Waals surface area contributed by atoms with E-state index in [1.165, 1.54) is 17.7 Å². The van der Waals surface area contributed by atoms with Crippen LogP contribution in [0.25, 0.3) is 0 Å². The van der Waals surface area contributed by atoms with E-state index in [1.807, 2.05) is 66.4 Å². The van der Waals surface area contributed by atoms with Gasteiger partial charge in [-0.15, -0.1) is 0 Å². The van der Waals surface area contributed by atoms with E-state index in [1.54, 1.807) is 0 Å². The molecule has 2 bridgehead atoms. The number of imide groups is 1. The van der Waals surface area contributed by atoms with Crippen LogP contribution >= 0.6 is 0 Å². The van der Waals surface area contributed by atoms with Crippen molar-refractivity contribution in [2.45, 2.75) is 63.5 Å². The van der Waals surface area contributed by atoms with Crippen molar-refractivity contribution in [2.75, 3.05) is 6.54 Å². The SMILES string of the molecule is Cc1ccccc1[C@]1(CC(=O)N2C[C@@H]3CCC[C@@H]2C3)CC(=O)N(Cc2ccccc2)C1=O. The van der Waals surface area contributed by atoms with E-state index in [4.69, 9.17) is 0 Å². The number of hydrogen-bond acceptors (Lipinski definition) is 3. The quantitative estimate of drug-likeness (QED) is 0.674. The van der Waals surface area contributed by atoms with Crippen LogP contribution in [0, 0.1) is 12.8 Å². The first-order valence-corrected chi connectivity index (χ1v) is 11.7. The van der Waals surface area contributed by atoms with Gasteiger partial charge in [-0.2, -0.15) is 0 Å². The molecule has 0 unspecified atom stereocenters. The Labute approximate surface area is 189 Å². The summed E-state index contributed by atoms with van der Waals surface area (Å²) in [5.41, 5.74) is 1.55. The van der Waals surface area contributed by atoms with Gasteiger partial charge in [-0.25, -0.2) is 0 Å². The van der Waals surface area contributed by atoms with Gasteiger partial charge in [0.05, 0.1) is 12.0 Å². The summed E-state index contributed by atoms with van der Waals surface area (Å²) >= 11 is 0. The molecule has 0 aromatic heterocycles. The fraction of sp³-hybridized carbons (Fsp3) is 0.444. The smallest absolute Gasteiger partial charge is 0.241 e. The first-order valence-electron chi connectivity index (χ1n) is 11.7. The Hall–Kier alpha value is -2.95. The number of hydrogen-bond donors (Lipinski definition) is 0. The summed E-state index contributed by atoms with van der Waals surface area (Å²) in [4.78, 5) is 44.0. The van der Waals surface area contributed by atoms with Crippen molar-refractivity contribution >= 4 is 17.7 Å². The number of carbonyl (C=O) groups is 3. The fourth-order valence-electron chi connectivity index (χ4n) is 6.08. The topological polar surface area (TPSA) is 57.7 Å². The monoisotopic (exact) mass is 430 g/mol. The summed E-state index contributed by atoms with van der Waals surface area (Å²) in [6, 6.07) is 17.6. The molecule has 2 aliphatic heterocycles. The first-order chi connectivity index (χ1) is 15.5. The lowest BCUT2D eigenvalue weighted by molar-refractivity contribution is -0.143. The van der Waals surface area contributed by atoms with E-state index in [9.17, 15) is 14.4 Å². The molecule has 3 aliphatic rings. The Kier molecular flexibility index (Phi) is 5.36. The molecule has 5 rings (SSSR count). The lowest BCUT2D eigenvalue weighted by Crippen LogP contribution is -2.44. The minimum absolute atomic E-state index is 0.0189. The summed E-state index contributed by atoms with van der Waals surface area (Å²) in [6.45, 7) is 3.00. The molecule has 166 valence electrons. The fourth-order valence-corrected chi connectivity index (χ4v) is 6.08. The molecule has 32 heavy (non-hydrogen) atoms. The zero-order valence-electron chi connectivity index (χ0n) is 18.6. The van der Waals surface area contributed by atoms with Gasteiger partial charge in [-0.3, -0.25) is 19.3 Å². The number of likely N-dealkylation sites (tertiary alicyclic amines) is 2. The van der Waals surface area contributed by atoms with Crippen molar-refractivity contribution < 1.29 is 14.4 Å². The maximum absolute atomic E-state index is 13.9. The molecular weight excluding hydrogens is 400 g/mol. The molecule has 1 aliphatic carbocycles. The van der Waals surface area contributed by atoms with Crippen molar-refractivity contribution in [1.82, 2.24) is 9.80 Å². The van der Waals surface area contributed by atoms with Crippen molar-refractivity contribution in [3.63, 3.8) is 0 Å². The summed E-state index contributed by atoms with van der Waals surface area (Å²) in [5.74, 6) is 0.166. The van der Waals surface area contributed by atoms with Crippen LogP contribution in [0.3, 0.4) is 0 Å². The molecule has 0 radical (unpaired) electrons. The minimum atomic E-state index is -1.12. The molecule has 2 aromatic carbocycles. The molecule has 3 fully saturated rings. The van der Waals surface area contributed by atoms with Gasteiger partial charge >= 0.3 is 0 Å². The Balaban J connectivity index is 1.49. The highest BCUT2D eigenvalue weighted by atomic mass is 16.2. The van der Waals surface area contributed by atoms with Crippen LogP contribution in [0.1, 0.15) is 55.2 Å². The molecule has 3 amide bonds. The molecule has 0 N–H and O–H groups in total. The number of nitrogens with zero attached hydrogens (tertiary/aromatic N) is 2. The van der Waals surface area contributed by atoms with Gasteiger partial charge in [0.25, 0.3) is 0 Å². The normalized spacial score (nSPS) is 27.3. The molecule has 1 saturated carbocycles. The Morgan fingerprint density at radius 3 is 2.53 bits per heavy atom. The summed E-state index contributed by atoms with van der Waals surface area (Å²) in [7, 11) is 0. The molecule has 2 saturated heterocycles. The third-order valence-corrected chi connectivity index (χ3v) is 7.68. The summed E-state index contributed by atoms with van der Waals surface area (Å²) in [6.07, 6.45) is 4.60. The van der Waals surface area contributed by atoms with Gasteiger partial charge < -0.3 is 4.90 Å². The van der Waals surface area contributed by atoms with Crippen LogP contribution in [0.15, 0.2) is 54.6 Å². The number of aryl methyl sites for hydroxylation is 1. The molecule has 3 atom stereocenters. The van der Waals surface area contributed by atoms with Crippen molar-refractivity contribution in [3.8, 4) is 0 Å². The standard InChI is InChI=1S/C27H30N2O3/c1-19-8-5-6-13-23(19)27(15-24(30)28-18-21-11-7-12-22(28)14-21)16-25(31)29(26(27)32)17-20-9-3-2-4-10-20/h2-6,8-10,13,21-22H,7,11-12,14-18H2,1H3/t21-,22-,27+/m1/s1. The van der Waals surface area contributed by atoms with Crippen LogP contribution in [0.5, 0.6) is 0 Å². The van der Waals surface area contributed by atoms with E-state index in [-0.39, 0.29) is 37.1 Å². The molecule has 2 heterocycles. The van der Waals surface area contributed by atoms with E-state index in [2.05, 4.69) is 0 Å². The second-order valence-electron chi connectivity index (χ2n) is 9.75. The minimum Gasteiger partial charge on any atom is -0.339 e. The molecule has 5 heteroatoms. The van der Waals surface area contributed by atoms with Gasteiger partial charge in [0.1, 0.15) is 0 Å². The van der Waals surface area contributed by atoms with Crippen LogP contribution in [-0.4, -0.2) is 40.1 Å². The average Bonchev–Trinajstić information content (AvgIpc) is 3.22. The van der Waals surface area contributed by atoms with Gasteiger partial charge in [0, 0.05) is 25.4 Å². The molecule has 5 nitrogen and oxygen atoms in total. The van der Waals surface area contributed by atoms with Crippen molar-refractivity contribution in [2.24, 2.45) is 5.92 Å². The largest absolute Gasteiger partial charge is 0.339 e. The third-order valence-electron chi connectivity index (χ3n) is 7.68. The maximum atomic E-state index is 13.9. The highest BCUT2D eigenvalue weighted by Crippen LogP contribution is 2.44. The highest BCUT2D eigenvalue weighted by molar-refractivity contribution is 6.10. The predicted molar refractivity (Wildman–Crippen MR) is 122 cm³/mol. The van der Waals surface area contributed by atoms with Crippen molar-refractivity contribution in [3.05, 3.63) is 71.3 Å². The summed E-state index contributed by atoms with van der Waals surface area (Å²) < 4.78 is 0. The third kappa shape index (κ3) is 3.54. The highest BCUT2D eigenvalue weighted by Gasteiger charge is 2.55. The summed E-state index contributed by atoms with van der Waals surface area (Å²) in [5, 5.41) is 0. The first kappa shape index (κ1) is 20.9. The van der Waals surface area contributed by atoms with Gasteiger partial charge in [-0.1, -0.05) is 61.0 Å². The maximum Gasteiger partial charge on any atom is 0.241 e. The second-order valence-corrected chi connectivity index (χ2v) is 9.75. The number of rotatable bonds is 5. The van der Waals surface area contributed by atoms with Crippen LogP contribution in [0.2, 0.25) is 0 Å². The number of carbonyl (C=O) groups excluding carboxylic acids is 3. The number of fused-ring (bicyclic) bond motifs is 2.